The normalized spacial score (nSPS) is 34.9. The number of hydrogen-bond donors (Lipinski definition) is 2. The molecular formula is C12H24N2O3S. The van der Waals surface area contributed by atoms with E-state index in [1.165, 1.54) is 17.1 Å². The number of hydrogen-bond acceptors (Lipinski definition) is 4. The molecule has 106 valence electrons. The van der Waals surface area contributed by atoms with Crippen molar-refractivity contribution in [2.24, 2.45) is 0 Å². The predicted molar refractivity (Wildman–Crippen MR) is 70.9 cm³/mol. The van der Waals surface area contributed by atoms with Crippen LogP contribution in [0, 0.1) is 0 Å². The highest BCUT2D eigenvalue weighted by Crippen LogP contribution is 2.24. The third-order valence-corrected chi connectivity index (χ3v) is 5.80. The van der Waals surface area contributed by atoms with E-state index in [0.717, 1.165) is 13.0 Å². The summed E-state index contributed by atoms with van der Waals surface area (Å²) in [5.41, 5.74) is -0.851. The zero-order valence-corrected chi connectivity index (χ0v) is 11.9. The van der Waals surface area contributed by atoms with E-state index in [9.17, 15) is 13.5 Å². The van der Waals surface area contributed by atoms with Crippen LogP contribution in [0.2, 0.25) is 0 Å². The van der Waals surface area contributed by atoms with Gasteiger partial charge >= 0.3 is 0 Å². The minimum absolute atomic E-state index is 0.195. The first kappa shape index (κ1) is 14.2. The van der Waals surface area contributed by atoms with Gasteiger partial charge < -0.3 is 10.4 Å². The molecule has 2 aliphatic heterocycles. The van der Waals surface area contributed by atoms with E-state index in [0.29, 0.717) is 25.4 Å². The van der Waals surface area contributed by atoms with Gasteiger partial charge in [0.2, 0.25) is 10.0 Å². The fourth-order valence-corrected chi connectivity index (χ4v) is 4.42. The van der Waals surface area contributed by atoms with Gasteiger partial charge in [-0.25, -0.2) is 8.42 Å². The second-order valence-corrected chi connectivity index (χ2v) is 7.92. The fraction of sp³-hybridized carbons (Fsp3) is 1.00. The number of β-amino-alcohol motifs (C(OH)–C–C–N with tert-alkyl or cyclic N) is 1. The van der Waals surface area contributed by atoms with E-state index in [1.54, 1.807) is 6.92 Å². The van der Waals surface area contributed by atoms with Crippen LogP contribution in [0.3, 0.4) is 0 Å². The lowest BCUT2D eigenvalue weighted by Crippen LogP contribution is -2.39. The average molecular weight is 276 g/mol. The van der Waals surface area contributed by atoms with Crippen molar-refractivity contribution in [2.75, 3.05) is 25.4 Å². The Balaban J connectivity index is 1.84. The summed E-state index contributed by atoms with van der Waals surface area (Å²) in [7, 11) is -3.20. The van der Waals surface area contributed by atoms with Gasteiger partial charge in [0, 0.05) is 19.1 Å². The average Bonchev–Trinajstić information content (AvgIpc) is 2.69. The minimum atomic E-state index is -3.20. The quantitative estimate of drug-likeness (QED) is 0.775. The molecule has 0 spiro atoms. The molecule has 0 amide bonds. The second-order valence-electron chi connectivity index (χ2n) is 5.83. The Hall–Kier alpha value is -0.170. The number of rotatable bonds is 4. The lowest BCUT2D eigenvalue weighted by atomic mass is 10.0. The molecule has 0 aliphatic carbocycles. The van der Waals surface area contributed by atoms with Crippen LogP contribution in [0.4, 0.5) is 0 Å². The molecule has 0 radical (unpaired) electrons. The fourth-order valence-electron chi connectivity index (χ4n) is 2.73. The number of aliphatic hydroxyl groups is 1. The van der Waals surface area contributed by atoms with Crippen LogP contribution in [-0.2, 0) is 10.0 Å². The van der Waals surface area contributed by atoms with Gasteiger partial charge in [-0.1, -0.05) is 6.42 Å². The molecule has 0 aromatic rings. The third-order valence-electron chi connectivity index (χ3n) is 3.95. The van der Waals surface area contributed by atoms with Gasteiger partial charge in [-0.05, 0) is 39.2 Å². The molecule has 0 saturated carbocycles. The van der Waals surface area contributed by atoms with Crippen molar-refractivity contribution in [3.05, 3.63) is 0 Å². The molecule has 2 rings (SSSR count). The van der Waals surface area contributed by atoms with E-state index in [1.807, 2.05) is 0 Å². The summed E-state index contributed by atoms with van der Waals surface area (Å²) < 4.78 is 25.7. The van der Waals surface area contributed by atoms with Crippen molar-refractivity contribution in [2.45, 2.75) is 50.7 Å². The highest BCUT2D eigenvalue weighted by atomic mass is 32.2. The van der Waals surface area contributed by atoms with Gasteiger partial charge in [-0.3, -0.25) is 0 Å². The predicted octanol–water partition coefficient (Wildman–Crippen LogP) is 0.305. The van der Waals surface area contributed by atoms with Crippen molar-refractivity contribution in [3.8, 4) is 0 Å². The van der Waals surface area contributed by atoms with Crippen molar-refractivity contribution >= 4 is 10.0 Å². The molecule has 2 saturated heterocycles. The maximum atomic E-state index is 12.2. The first-order valence-electron chi connectivity index (χ1n) is 6.83. The van der Waals surface area contributed by atoms with Gasteiger partial charge in [-0.15, -0.1) is 0 Å². The van der Waals surface area contributed by atoms with Crippen LogP contribution >= 0.6 is 0 Å². The zero-order valence-electron chi connectivity index (χ0n) is 11.1. The summed E-state index contributed by atoms with van der Waals surface area (Å²) in [4.78, 5) is 0. The lowest BCUT2D eigenvalue weighted by Gasteiger charge is -2.24. The standard InChI is InChI=1S/C12H24N2O3S/c1-12(15)6-8-14(10-12)18(16,17)9-5-11-4-2-3-7-13-11/h11,13,15H,2-10H2,1H3. The Morgan fingerprint density at radius 1 is 1.44 bits per heavy atom. The number of sulfonamides is 1. The molecular weight excluding hydrogens is 252 g/mol. The molecule has 18 heavy (non-hydrogen) atoms. The summed E-state index contributed by atoms with van der Waals surface area (Å²) >= 11 is 0. The van der Waals surface area contributed by atoms with Crippen molar-refractivity contribution in [3.63, 3.8) is 0 Å². The van der Waals surface area contributed by atoms with E-state index in [-0.39, 0.29) is 12.3 Å². The molecule has 2 atom stereocenters. The summed E-state index contributed by atoms with van der Waals surface area (Å²) in [6.07, 6.45) is 4.68. The molecule has 2 N–H and O–H groups in total. The lowest BCUT2D eigenvalue weighted by molar-refractivity contribution is 0.0762. The van der Waals surface area contributed by atoms with Gasteiger partial charge in [-0.2, -0.15) is 4.31 Å². The van der Waals surface area contributed by atoms with Gasteiger partial charge in [0.1, 0.15) is 0 Å². The Labute approximate surface area is 110 Å². The monoisotopic (exact) mass is 276 g/mol. The Morgan fingerprint density at radius 3 is 2.78 bits per heavy atom. The number of nitrogens with one attached hydrogen (secondary N) is 1. The Bertz CT molecular complexity index is 375. The first-order valence-corrected chi connectivity index (χ1v) is 8.44. The van der Waals surface area contributed by atoms with Crippen molar-refractivity contribution < 1.29 is 13.5 Å². The van der Waals surface area contributed by atoms with Crippen LogP contribution in [-0.4, -0.2) is 54.9 Å². The smallest absolute Gasteiger partial charge is 0.214 e. The van der Waals surface area contributed by atoms with Crippen molar-refractivity contribution in [1.29, 1.82) is 0 Å². The summed E-state index contributed by atoms with van der Waals surface area (Å²) in [6.45, 7) is 3.40. The molecule has 0 bridgehead atoms. The van der Waals surface area contributed by atoms with Crippen LogP contribution in [0.5, 0.6) is 0 Å². The highest BCUT2D eigenvalue weighted by Gasteiger charge is 2.37. The van der Waals surface area contributed by atoms with E-state index in [2.05, 4.69) is 5.32 Å². The second kappa shape index (κ2) is 5.45. The highest BCUT2D eigenvalue weighted by molar-refractivity contribution is 7.89. The molecule has 0 aromatic carbocycles. The zero-order chi connectivity index (χ0) is 13.2. The van der Waals surface area contributed by atoms with Gasteiger partial charge in [0.25, 0.3) is 0 Å². The molecule has 6 heteroatoms. The summed E-state index contributed by atoms with van der Waals surface area (Å²) in [6, 6.07) is 0.344. The maximum Gasteiger partial charge on any atom is 0.214 e. The van der Waals surface area contributed by atoms with Crippen LogP contribution < -0.4 is 5.32 Å². The number of piperidine rings is 1. The summed E-state index contributed by atoms with van der Waals surface area (Å²) in [5, 5.41) is 13.2. The van der Waals surface area contributed by atoms with Crippen molar-refractivity contribution in [1.82, 2.24) is 9.62 Å². The Morgan fingerprint density at radius 2 is 2.22 bits per heavy atom. The first-order chi connectivity index (χ1) is 8.39. The molecule has 5 nitrogen and oxygen atoms in total. The maximum absolute atomic E-state index is 12.2. The minimum Gasteiger partial charge on any atom is -0.389 e. The van der Waals surface area contributed by atoms with Crippen LogP contribution in [0.15, 0.2) is 0 Å². The van der Waals surface area contributed by atoms with E-state index in [4.69, 9.17) is 0 Å². The SMILES string of the molecule is CC1(O)CCN(S(=O)(=O)CCC2CCCCN2)C1. The molecule has 2 unspecified atom stereocenters. The molecule has 2 heterocycles. The Kier molecular flexibility index (Phi) is 4.31. The molecule has 0 aromatic heterocycles. The largest absolute Gasteiger partial charge is 0.389 e. The molecule has 2 aliphatic rings. The summed E-state index contributed by atoms with van der Waals surface area (Å²) in [5.74, 6) is 0.195. The topological polar surface area (TPSA) is 69.6 Å². The van der Waals surface area contributed by atoms with Gasteiger partial charge in [0.15, 0.2) is 0 Å². The third kappa shape index (κ3) is 3.66. The van der Waals surface area contributed by atoms with E-state index >= 15 is 0 Å². The van der Waals surface area contributed by atoms with Crippen LogP contribution in [0.1, 0.15) is 39.0 Å². The van der Waals surface area contributed by atoms with Crippen LogP contribution in [0.25, 0.3) is 0 Å². The van der Waals surface area contributed by atoms with Gasteiger partial charge in [0.05, 0.1) is 11.4 Å². The number of nitrogens with zero attached hydrogens (tertiary/aromatic N) is 1. The molecule has 2 fully saturated rings. The van der Waals surface area contributed by atoms with E-state index < -0.39 is 15.6 Å².